The fourth-order valence-corrected chi connectivity index (χ4v) is 2.92. The van der Waals surface area contributed by atoms with Gasteiger partial charge in [-0.3, -0.25) is 4.79 Å². The van der Waals surface area contributed by atoms with E-state index < -0.39 is 10.0 Å². The van der Waals surface area contributed by atoms with Gasteiger partial charge in [0, 0.05) is 25.7 Å². The molecular formula is C12H25N3O3S. The summed E-state index contributed by atoms with van der Waals surface area (Å²) in [7, 11) is -3.22. The number of amides is 1. The van der Waals surface area contributed by atoms with E-state index in [0.717, 1.165) is 31.9 Å². The monoisotopic (exact) mass is 291 g/mol. The highest BCUT2D eigenvalue weighted by Crippen LogP contribution is 2.20. The van der Waals surface area contributed by atoms with E-state index in [1.807, 2.05) is 11.8 Å². The molecule has 2 atom stereocenters. The molecule has 0 bridgehead atoms. The van der Waals surface area contributed by atoms with Crippen LogP contribution >= 0.6 is 0 Å². The van der Waals surface area contributed by atoms with Crippen LogP contribution in [-0.2, 0) is 14.8 Å². The number of carbonyl (C=O) groups is 1. The summed E-state index contributed by atoms with van der Waals surface area (Å²) < 4.78 is 24.8. The molecule has 1 amide bonds. The molecule has 0 aromatic carbocycles. The quantitative estimate of drug-likeness (QED) is 0.715. The van der Waals surface area contributed by atoms with E-state index in [2.05, 4.69) is 4.72 Å². The Kier molecular flexibility index (Phi) is 6.22. The highest BCUT2D eigenvalue weighted by Gasteiger charge is 2.30. The second-order valence-electron chi connectivity index (χ2n) is 5.14. The predicted octanol–water partition coefficient (Wildman–Crippen LogP) is -0.0984. The average Bonchev–Trinajstić information content (AvgIpc) is 2.37. The van der Waals surface area contributed by atoms with E-state index in [-0.39, 0.29) is 17.9 Å². The first-order valence-corrected chi connectivity index (χ1v) is 8.73. The van der Waals surface area contributed by atoms with Crippen molar-refractivity contribution in [1.29, 1.82) is 0 Å². The van der Waals surface area contributed by atoms with Crippen molar-refractivity contribution < 1.29 is 13.2 Å². The van der Waals surface area contributed by atoms with Crippen LogP contribution < -0.4 is 10.5 Å². The Hall–Kier alpha value is -0.660. The molecule has 2 unspecified atom stereocenters. The first-order chi connectivity index (χ1) is 8.89. The number of hydrogen-bond donors (Lipinski definition) is 2. The fourth-order valence-electron chi connectivity index (χ4n) is 2.43. The first-order valence-electron chi connectivity index (χ1n) is 6.84. The number of hydrogen-bond acceptors (Lipinski definition) is 4. The zero-order valence-corrected chi connectivity index (χ0v) is 12.6. The number of carbonyl (C=O) groups excluding carboxylic acids is 1. The molecule has 0 aromatic heterocycles. The maximum atomic E-state index is 12.4. The predicted molar refractivity (Wildman–Crippen MR) is 75.0 cm³/mol. The molecule has 7 heteroatoms. The third-order valence-electron chi connectivity index (χ3n) is 3.62. The lowest BCUT2D eigenvalue weighted by molar-refractivity contribution is -0.138. The van der Waals surface area contributed by atoms with Crippen LogP contribution in [0.2, 0.25) is 0 Å². The van der Waals surface area contributed by atoms with Crippen LogP contribution in [0.25, 0.3) is 0 Å². The normalized spacial score (nSPS) is 22.3. The Morgan fingerprint density at radius 1 is 1.47 bits per heavy atom. The van der Waals surface area contributed by atoms with E-state index in [4.69, 9.17) is 5.73 Å². The number of nitrogens with one attached hydrogen (secondary N) is 1. The van der Waals surface area contributed by atoms with Gasteiger partial charge in [0.2, 0.25) is 15.9 Å². The summed E-state index contributed by atoms with van der Waals surface area (Å²) in [4.78, 5) is 14.2. The third kappa shape index (κ3) is 5.08. The van der Waals surface area contributed by atoms with Crippen molar-refractivity contribution in [2.45, 2.75) is 38.6 Å². The van der Waals surface area contributed by atoms with Crippen molar-refractivity contribution in [2.75, 3.05) is 25.9 Å². The van der Waals surface area contributed by atoms with Gasteiger partial charge in [-0.1, -0.05) is 6.92 Å². The van der Waals surface area contributed by atoms with Gasteiger partial charge in [-0.25, -0.2) is 13.1 Å². The number of rotatable bonds is 6. The molecule has 0 radical (unpaired) electrons. The van der Waals surface area contributed by atoms with Gasteiger partial charge >= 0.3 is 0 Å². The van der Waals surface area contributed by atoms with Gasteiger partial charge in [0.25, 0.3) is 0 Å². The number of sulfonamides is 1. The van der Waals surface area contributed by atoms with Crippen molar-refractivity contribution in [3.05, 3.63) is 0 Å². The minimum Gasteiger partial charge on any atom is -0.338 e. The van der Waals surface area contributed by atoms with Gasteiger partial charge in [-0.15, -0.1) is 0 Å². The Balaban J connectivity index is 2.69. The number of nitrogens with two attached hydrogens (primary N) is 1. The summed E-state index contributed by atoms with van der Waals surface area (Å²) >= 11 is 0. The van der Waals surface area contributed by atoms with Crippen LogP contribution in [-0.4, -0.2) is 51.2 Å². The van der Waals surface area contributed by atoms with Gasteiger partial charge in [-0.2, -0.15) is 0 Å². The standard InChI is InChI=1S/C12H25N3O3S/c1-3-10(8-13)12(16)15-7-5-4-6-11(15)9-14-19(2,17)18/h10-11,14H,3-9,13H2,1-2H3. The van der Waals surface area contributed by atoms with Gasteiger partial charge in [0.1, 0.15) is 0 Å². The van der Waals surface area contributed by atoms with Crippen molar-refractivity contribution in [1.82, 2.24) is 9.62 Å². The number of nitrogens with zero attached hydrogens (tertiary/aromatic N) is 1. The maximum absolute atomic E-state index is 12.4. The highest BCUT2D eigenvalue weighted by atomic mass is 32.2. The Morgan fingerprint density at radius 2 is 2.16 bits per heavy atom. The molecule has 1 rings (SSSR count). The Labute approximate surface area is 115 Å². The average molecular weight is 291 g/mol. The minimum absolute atomic E-state index is 0.0448. The second kappa shape index (κ2) is 7.21. The second-order valence-corrected chi connectivity index (χ2v) is 6.98. The van der Waals surface area contributed by atoms with Gasteiger partial charge < -0.3 is 10.6 Å². The molecule has 0 aromatic rings. The first kappa shape index (κ1) is 16.4. The molecule has 19 heavy (non-hydrogen) atoms. The van der Waals surface area contributed by atoms with Crippen molar-refractivity contribution in [3.8, 4) is 0 Å². The summed E-state index contributed by atoms with van der Waals surface area (Å²) in [6.07, 6.45) is 4.70. The van der Waals surface area contributed by atoms with Crippen LogP contribution in [0.1, 0.15) is 32.6 Å². The lowest BCUT2D eigenvalue weighted by Gasteiger charge is -2.37. The largest absolute Gasteiger partial charge is 0.338 e. The van der Waals surface area contributed by atoms with Gasteiger partial charge in [0.05, 0.1) is 12.2 Å². The highest BCUT2D eigenvalue weighted by molar-refractivity contribution is 7.88. The van der Waals surface area contributed by atoms with Crippen LogP contribution in [0.3, 0.4) is 0 Å². The molecule has 6 nitrogen and oxygen atoms in total. The van der Waals surface area contributed by atoms with E-state index in [9.17, 15) is 13.2 Å². The molecule has 1 heterocycles. The summed E-state index contributed by atoms with van der Waals surface area (Å²) in [6, 6.07) is -0.0448. The molecule has 112 valence electrons. The molecule has 0 saturated carbocycles. The van der Waals surface area contributed by atoms with Crippen LogP contribution in [0.15, 0.2) is 0 Å². The van der Waals surface area contributed by atoms with Gasteiger partial charge in [-0.05, 0) is 25.7 Å². The Morgan fingerprint density at radius 3 is 2.68 bits per heavy atom. The molecule has 1 aliphatic heterocycles. The fraction of sp³-hybridized carbons (Fsp3) is 0.917. The van der Waals surface area contributed by atoms with E-state index in [0.29, 0.717) is 19.6 Å². The smallest absolute Gasteiger partial charge is 0.227 e. The van der Waals surface area contributed by atoms with Gasteiger partial charge in [0.15, 0.2) is 0 Å². The van der Waals surface area contributed by atoms with Crippen LogP contribution in [0.4, 0.5) is 0 Å². The molecule has 0 aliphatic carbocycles. The van der Waals surface area contributed by atoms with E-state index >= 15 is 0 Å². The minimum atomic E-state index is -3.22. The van der Waals surface area contributed by atoms with Crippen molar-refractivity contribution >= 4 is 15.9 Å². The molecule has 1 fully saturated rings. The number of piperidine rings is 1. The van der Waals surface area contributed by atoms with Crippen LogP contribution in [0.5, 0.6) is 0 Å². The zero-order chi connectivity index (χ0) is 14.5. The lowest BCUT2D eigenvalue weighted by atomic mass is 9.98. The van der Waals surface area contributed by atoms with Crippen molar-refractivity contribution in [3.63, 3.8) is 0 Å². The molecule has 0 spiro atoms. The van der Waals surface area contributed by atoms with E-state index in [1.54, 1.807) is 0 Å². The number of likely N-dealkylation sites (tertiary alicyclic amines) is 1. The third-order valence-corrected chi connectivity index (χ3v) is 4.31. The summed E-state index contributed by atoms with van der Waals surface area (Å²) in [5.74, 6) is -0.0937. The summed E-state index contributed by atoms with van der Waals surface area (Å²) in [6.45, 7) is 3.29. The van der Waals surface area contributed by atoms with Crippen molar-refractivity contribution in [2.24, 2.45) is 11.7 Å². The molecule has 3 N–H and O–H groups in total. The zero-order valence-electron chi connectivity index (χ0n) is 11.8. The summed E-state index contributed by atoms with van der Waals surface area (Å²) in [5, 5.41) is 0. The maximum Gasteiger partial charge on any atom is 0.227 e. The SMILES string of the molecule is CCC(CN)C(=O)N1CCCCC1CNS(C)(=O)=O. The topological polar surface area (TPSA) is 92.5 Å². The Bertz CT molecular complexity index is 393. The van der Waals surface area contributed by atoms with Crippen LogP contribution in [0, 0.1) is 5.92 Å². The van der Waals surface area contributed by atoms with E-state index in [1.165, 1.54) is 0 Å². The lowest BCUT2D eigenvalue weighted by Crippen LogP contribution is -2.51. The summed E-state index contributed by atoms with van der Waals surface area (Å²) in [5.41, 5.74) is 5.62. The molecular weight excluding hydrogens is 266 g/mol. The molecule has 1 saturated heterocycles. The molecule has 1 aliphatic rings.